The number of hydrogen-bond donors (Lipinski definition) is 2. The topological polar surface area (TPSA) is 93.7 Å². The maximum Gasteiger partial charge on any atom is 0.262 e. The number of benzene rings is 3. The van der Waals surface area contributed by atoms with Gasteiger partial charge in [-0.15, -0.1) is 0 Å². The van der Waals surface area contributed by atoms with E-state index in [-0.39, 0.29) is 17.2 Å². The molecule has 1 amide bonds. The summed E-state index contributed by atoms with van der Waals surface area (Å²) in [6.07, 6.45) is 0. The molecule has 162 valence electrons. The quantitative estimate of drug-likeness (QED) is 0.518. The van der Waals surface area contributed by atoms with E-state index in [4.69, 9.17) is 21.1 Å². The van der Waals surface area contributed by atoms with Crippen molar-refractivity contribution in [3.63, 3.8) is 0 Å². The Labute approximate surface area is 183 Å². The predicted molar refractivity (Wildman–Crippen MR) is 116 cm³/mol. The molecule has 10 heteroatoms. The molecule has 0 saturated carbocycles. The Morgan fingerprint density at radius 3 is 2.35 bits per heavy atom. The standard InChI is InChI=1S/C21H18ClFN2O5S/c1-29-20-11-2-14(22)12-19(20)24-21(26)13-30-17-7-9-18(10-8-17)31(27,28)25-16-5-3-15(23)4-6-16/h2-12,25H,13H2,1H3,(H,24,26). The van der Waals surface area contributed by atoms with Gasteiger partial charge in [0.25, 0.3) is 15.9 Å². The highest BCUT2D eigenvalue weighted by atomic mass is 35.5. The van der Waals surface area contributed by atoms with Crippen molar-refractivity contribution < 1.29 is 27.1 Å². The van der Waals surface area contributed by atoms with Crippen molar-refractivity contribution in [3.8, 4) is 11.5 Å². The number of nitrogens with one attached hydrogen (secondary N) is 2. The van der Waals surface area contributed by atoms with Gasteiger partial charge in [0.2, 0.25) is 0 Å². The lowest BCUT2D eigenvalue weighted by Gasteiger charge is -2.12. The van der Waals surface area contributed by atoms with E-state index >= 15 is 0 Å². The van der Waals surface area contributed by atoms with E-state index in [0.29, 0.717) is 22.2 Å². The van der Waals surface area contributed by atoms with Gasteiger partial charge < -0.3 is 14.8 Å². The first-order valence-electron chi connectivity index (χ1n) is 8.91. The number of carbonyl (C=O) groups is 1. The molecular weight excluding hydrogens is 447 g/mol. The summed E-state index contributed by atoms with van der Waals surface area (Å²) in [5.74, 6) is -0.174. The van der Waals surface area contributed by atoms with Crippen LogP contribution in [0.5, 0.6) is 11.5 Å². The molecule has 0 unspecified atom stereocenters. The fourth-order valence-electron chi connectivity index (χ4n) is 2.56. The molecular formula is C21H18ClFN2O5S. The molecule has 0 aliphatic heterocycles. The second kappa shape index (κ2) is 9.67. The summed E-state index contributed by atoms with van der Waals surface area (Å²) in [4.78, 5) is 12.1. The van der Waals surface area contributed by atoms with Gasteiger partial charge >= 0.3 is 0 Å². The van der Waals surface area contributed by atoms with E-state index in [9.17, 15) is 17.6 Å². The minimum atomic E-state index is -3.86. The zero-order valence-corrected chi connectivity index (χ0v) is 17.8. The van der Waals surface area contributed by atoms with E-state index in [1.165, 1.54) is 43.5 Å². The van der Waals surface area contributed by atoms with Crippen molar-refractivity contribution in [1.82, 2.24) is 0 Å². The zero-order chi connectivity index (χ0) is 22.4. The van der Waals surface area contributed by atoms with Crippen molar-refractivity contribution in [1.29, 1.82) is 0 Å². The second-order valence-electron chi connectivity index (χ2n) is 6.27. The summed E-state index contributed by atoms with van der Waals surface area (Å²) in [7, 11) is -2.39. The third-order valence-electron chi connectivity index (χ3n) is 4.04. The number of carbonyl (C=O) groups excluding carboxylic acids is 1. The number of halogens is 2. The van der Waals surface area contributed by atoms with E-state index in [1.54, 1.807) is 18.2 Å². The van der Waals surface area contributed by atoms with Crippen LogP contribution in [-0.2, 0) is 14.8 Å². The lowest BCUT2D eigenvalue weighted by molar-refractivity contribution is -0.118. The molecule has 7 nitrogen and oxygen atoms in total. The van der Waals surface area contributed by atoms with Gasteiger partial charge in [-0.2, -0.15) is 0 Å². The highest BCUT2D eigenvalue weighted by Gasteiger charge is 2.15. The zero-order valence-electron chi connectivity index (χ0n) is 16.3. The normalized spacial score (nSPS) is 10.9. The monoisotopic (exact) mass is 464 g/mol. The molecule has 0 saturated heterocycles. The Morgan fingerprint density at radius 1 is 1.03 bits per heavy atom. The van der Waals surface area contributed by atoms with Crippen LogP contribution in [0.2, 0.25) is 5.02 Å². The van der Waals surface area contributed by atoms with Crippen LogP contribution in [0.3, 0.4) is 0 Å². The van der Waals surface area contributed by atoms with Crippen LogP contribution in [0.1, 0.15) is 0 Å². The molecule has 0 aliphatic carbocycles. The fraction of sp³-hybridized carbons (Fsp3) is 0.0952. The van der Waals surface area contributed by atoms with E-state index in [2.05, 4.69) is 10.0 Å². The first kappa shape index (κ1) is 22.4. The van der Waals surface area contributed by atoms with Crippen molar-refractivity contribution >= 4 is 38.9 Å². The number of ether oxygens (including phenoxy) is 2. The fourth-order valence-corrected chi connectivity index (χ4v) is 3.79. The van der Waals surface area contributed by atoms with E-state index in [0.717, 1.165) is 12.1 Å². The molecule has 0 heterocycles. The first-order valence-corrected chi connectivity index (χ1v) is 10.8. The van der Waals surface area contributed by atoms with Gasteiger partial charge in [0.05, 0.1) is 17.7 Å². The number of anilines is 2. The molecule has 0 aliphatic rings. The van der Waals surface area contributed by atoms with Crippen LogP contribution >= 0.6 is 11.6 Å². The SMILES string of the molecule is COc1ccc(Cl)cc1NC(=O)COc1ccc(S(=O)(=O)Nc2ccc(F)cc2)cc1. The summed E-state index contributed by atoms with van der Waals surface area (Å²) in [5, 5.41) is 3.07. The van der Waals surface area contributed by atoms with Crippen molar-refractivity contribution in [2.75, 3.05) is 23.8 Å². The van der Waals surface area contributed by atoms with Gasteiger partial charge in [-0.1, -0.05) is 11.6 Å². The molecule has 0 radical (unpaired) electrons. The molecule has 0 atom stereocenters. The minimum absolute atomic E-state index is 0.0164. The van der Waals surface area contributed by atoms with Crippen LogP contribution in [-0.4, -0.2) is 28.0 Å². The van der Waals surface area contributed by atoms with Gasteiger partial charge in [0.1, 0.15) is 17.3 Å². The molecule has 3 aromatic carbocycles. The maximum absolute atomic E-state index is 13.0. The summed E-state index contributed by atoms with van der Waals surface area (Å²) in [6, 6.07) is 15.3. The second-order valence-corrected chi connectivity index (χ2v) is 8.38. The third kappa shape index (κ3) is 6.09. The smallest absolute Gasteiger partial charge is 0.262 e. The van der Waals surface area contributed by atoms with Gasteiger partial charge in [-0.05, 0) is 66.7 Å². The predicted octanol–water partition coefficient (Wildman–Crippen LogP) is 4.31. The van der Waals surface area contributed by atoms with Crippen LogP contribution in [0.15, 0.2) is 71.6 Å². The Kier molecular flexibility index (Phi) is 6.98. The van der Waals surface area contributed by atoms with Gasteiger partial charge in [-0.3, -0.25) is 9.52 Å². The van der Waals surface area contributed by atoms with Crippen LogP contribution in [0.4, 0.5) is 15.8 Å². The first-order chi connectivity index (χ1) is 14.8. The maximum atomic E-state index is 13.0. The molecule has 3 rings (SSSR count). The van der Waals surface area contributed by atoms with Crippen LogP contribution < -0.4 is 19.5 Å². The lowest BCUT2D eigenvalue weighted by Crippen LogP contribution is -2.20. The van der Waals surface area contributed by atoms with Gasteiger partial charge in [0.15, 0.2) is 6.61 Å². The molecule has 0 spiro atoms. The van der Waals surface area contributed by atoms with Crippen molar-refractivity contribution in [3.05, 3.63) is 77.6 Å². The van der Waals surface area contributed by atoms with Gasteiger partial charge in [0, 0.05) is 10.7 Å². The number of hydrogen-bond acceptors (Lipinski definition) is 5. The molecule has 0 aromatic heterocycles. The summed E-state index contributed by atoms with van der Waals surface area (Å²) >= 11 is 5.93. The number of sulfonamides is 1. The summed E-state index contributed by atoms with van der Waals surface area (Å²) in [6.45, 7) is -0.310. The third-order valence-corrected chi connectivity index (χ3v) is 5.67. The van der Waals surface area contributed by atoms with Crippen LogP contribution in [0.25, 0.3) is 0 Å². The van der Waals surface area contributed by atoms with E-state index < -0.39 is 21.7 Å². The van der Waals surface area contributed by atoms with E-state index in [1.807, 2.05) is 0 Å². The minimum Gasteiger partial charge on any atom is -0.495 e. The van der Waals surface area contributed by atoms with Gasteiger partial charge in [-0.25, -0.2) is 12.8 Å². The molecule has 31 heavy (non-hydrogen) atoms. The summed E-state index contributed by atoms with van der Waals surface area (Å²) in [5.41, 5.74) is 0.631. The largest absolute Gasteiger partial charge is 0.495 e. The van der Waals surface area contributed by atoms with Crippen molar-refractivity contribution in [2.24, 2.45) is 0 Å². The number of methoxy groups -OCH3 is 1. The Hall–Kier alpha value is -3.30. The molecule has 2 N–H and O–H groups in total. The average molecular weight is 465 g/mol. The van der Waals surface area contributed by atoms with Crippen molar-refractivity contribution in [2.45, 2.75) is 4.90 Å². The summed E-state index contributed by atoms with van der Waals surface area (Å²) < 4.78 is 50.7. The Bertz CT molecular complexity index is 1170. The molecule has 0 bridgehead atoms. The highest BCUT2D eigenvalue weighted by Crippen LogP contribution is 2.27. The Morgan fingerprint density at radius 2 is 1.71 bits per heavy atom. The highest BCUT2D eigenvalue weighted by molar-refractivity contribution is 7.92. The number of amides is 1. The molecule has 3 aromatic rings. The lowest BCUT2D eigenvalue weighted by atomic mass is 10.3. The number of rotatable bonds is 8. The Balaban J connectivity index is 1.59. The average Bonchev–Trinajstić information content (AvgIpc) is 2.74. The molecule has 0 fully saturated rings. The van der Waals surface area contributed by atoms with Crippen LogP contribution in [0, 0.1) is 5.82 Å².